The number of benzene rings is 1. The maximum atomic E-state index is 12.9. The third-order valence-electron chi connectivity index (χ3n) is 2.89. The average molecular weight is 282 g/mol. The van der Waals surface area contributed by atoms with Crippen molar-refractivity contribution in [3.05, 3.63) is 29.0 Å². The summed E-state index contributed by atoms with van der Waals surface area (Å²) in [6.45, 7) is 0.395. The summed E-state index contributed by atoms with van der Waals surface area (Å²) >= 11 is 5.85. The highest BCUT2D eigenvalue weighted by Crippen LogP contribution is 2.29. The Bertz CT molecular complexity index is 525. The molecule has 0 heterocycles. The number of carbonyl (C=O) groups excluding carboxylic acids is 1. The van der Waals surface area contributed by atoms with Gasteiger partial charge >= 0.3 is 6.03 Å². The SMILES string of the molecule is N#CCCN(C(=O)Nc1ccc(F)cc1Cl)C1CC1. The van der Waals surface area contributed by atoms with E-state index in [2.05, 4.69) is 5.32 Å². The van der Waals surface area contributed by atoms with Crippen molar-refractivity contribution >= 4 is 23.3 Å². The summed E-state index contributed by atoms with van der Waals surface area (Å²) in [5.74, 6) is -0.452. The van der Waals surface area contributed by atoms with Gasteiger partial charge in [-0.2, -0.15) is 5.26 Å². The van der Waals surface area contributed by atoms with Crippen molar-refractivity contribution in [1.82, 2.24) is 4.90 Å². The normalized spacial score (nSPS) is 13.7. The van der Waals surface area contributed by atoms with Gasteiger partial charge in [-0.25, -0.2) is 9.18 Å². The zero-order valence-electron chi connectivity index (χ0n) is 10.2. The van der Waals surface area contributed by atoms with E-state index in [1.165, 1.54) is 12.1 Å². The number of nitrogens with one attached hydrogen (secondary N) is 1. The highest BCUT2D eigenvalue weighted by Gasteiger charge is 2.32. The summed E-state index contributed by atoms with van der Waals surface area (Å²) in [5, 5.41) is 11.4. The first kappa shape index (κ1) is 13.6. The lowest BCUT2D eigenvalue weighted by atomic mass is 10.3. The van der Waals surface area contributed by atoms with Crippen LogP contribution < -0.4 is 5.32 Å². The largest absolute Gasteiger partial charge is 0.322 e. The lowest BCUT2D eigenvalue weighted by molar-refractivity contribution is 0.210. The minimum Gasteiger partial charge on any atom is -0.321 e. The third-order valence-corrected chi connectivity index (χ3v) is 3.20. The molecule has 19 heavy (non-hydrogen) atoms. The number of nitriles is 1. The van der Waals surface area contributed by atoms with E-state index < -0.39 is 5.82 Å². The maximum Gasteiger partial charge on any atom is 0.322 e. The van der Waals surface area contributed by atoms with E-state index in [4.69, 9.17) is 16.9 Å². The lowest BCUT2D eigenvalue weighted by Crippen LogP contribution is -2.37. The Morgan fingerprint density at radius 1 is 1.58 bits per heavy atom. The Hall–Kier alpha value is -1.80. The van der Waals surface area contributed by atoms with Crippen molar-refractivity contribution in [1.29, 1.82) is 5.26 Å². The van der Waals surface area contributed by atoms with E-state index >= 15 is 0 Å². The Kier molecular flexibility index (Phi) is 4.23. The van der Waals surface area contributed by atoms with Crippen LogP contribution in [0.4, 0.5) is 14.9 Å². The van der Waals surface area contributed by atoms with Crippen LogP contribution in [0, 0.1) is 17.1 Å². The highest BCUT2D eigenvalue weighted by atomic mass is 35.5. The number of urea groups is 1. The van der Waals surface area contributed by atoms with Crippen molar-refractivity contribution < 1.29 is 9.18 Å². The van der Waals surface area contributed by atoms with Crippen LogP contribution in [-0.2, 0) is 0 Å². The van der Waals surface area contributed by atoms with Crippen molar-refractivity contribution in [3.63, 3.8) is 0 Å². The van der Waals surface area contributed by atoms with Crippen LogP contribution in [-0.4, -0.2) is 23.5 Å². The molecule has 0 atom stereocenters. The number of hydrogen-bond donors (Lipinski definition) is 1. The van der Waals surface area contributed by atoms with Gasteiger partial charge in [0.15, 0.2) is 0 Å². The third kappa shape index (κ3) is 3.58. The topological polar surface area (TPSA) is 56.1 Å². The van der Waals surface area contributed by atoms with Gasteiger partial charge in [0.2, 0.25) is 0 Å². The number of rotatable bonds is 4. The first-order valence-electron chi connectivity index (χ1n) is 6.01. The predicted octanol–water partition coefficient (Wildman–Crippen LogP) is 3.39. The van der Waals surface area contributed by atoms with Crippen LogP contribution in [0.5, 0.6) is 0 Å². The van der Waals surface area contributed by atoms with Crippen molar-refractivity contribution in [2.45, 2.75) is 25.3 Å². The molecule has 0 aliphatic heterocycles. The highest BCUT2D eigenvalue weighted by molar-refractivity contribution is 6.33. The lowest BCUT2D eigenvalue weighted by Gasteiger charge is -2.22. The number of amides is 2. The second-order valence-corrected chi connectivity index (χ2v) is 4.79. The van der Waals surface area contributed by atoms with Crippen LogP contribution in [0.1, 0.15) is 19.3 Å². The van der Waals surface area contributed by atoms with E-state index in [-0.39, 0.29) is 17.1 Å². The van der Waals surface area contributed by atoms with Gasteiger partial charge in [0.1, 0.15) is 5.82 Å². The molecule has 1 aromatic carbocycles. The first-order valence-corrected chi connectivity index (χ1v) is 6.39. The predicted molar refractivity (Wildman–Crippen MR) is 70.4 cm³/mol. The quantitative estimate of drug-likeness (QED) is 0.920. The summed E-state index contributed by atoms with van der Waals surface area (Å²) in [4.78, 5) is 13.7. The fourth-order valence-electron chi connectivity index (χ4n) is 1.78. The fourth-order valence-corrected chi connectivity index (χ4v) is 2.00. The molecule has 1 aliphatic carbocycles. The number of halogens is 2. The van der Waals surface area contributed by atoms with Crippen LogP contribution in [0.3, 0.4) is 0 Å². The van der Waals surface area contributed by atoms with E-state index in [0.717, 1.165) is 18.9 Å². The van der Waals surface area contributed by atoms with Gasteiger partial charge in [0.25, 0.3) is 0 Å². The monoisotopic (exact) mass is 281 g/mol. The van der Waals surface area contributed by atoms with Gasteiger partial charge in [0.05, 0.1) is 23.2 Å². The molecule has 4 nitrogen and oxygen atoms in total. The molecule has 0 spiro atoms. The van der Waals surface area contributed by atoms with Crippen LogP contribution in [0.15, 0.2) is 18.2 Å². The molecule has 0 unspecified atom stereocenters. The van der Waals surface area contributed by atoms with Crippen molar-refractivity contribution in [2.24, 2.45) is 0 Å². The molecule has 0 bridgehead atoms. The molecule has 1 aliphatic rings. The molecule has 1 N–H and O–H groups in total. The van der Waals surface area contributed by atoms with Crippen molar-refractivity contribution in [2.75, 3.05) is 11.9 Å². The Morgan fingerprint density at radius 3 is 2.89 bits per heavy atom. The molecule has 2 amide bonds. The molecule has 0 saturated heterocycles. The summed E-state index contributed by atoms with van der Waals surface area (Å²) in [5.41, 5.74) is 0.371. The summed E-state index contributed by atoms with van der Waals surface area (Å²) in [6, 6.07) is 5.73. The maximum absolute atomic E-state index is 12.9. The van der Waals surface area contributed by atoms with Crippen LogP contribution >= 0.6 is 11.6 Å². The molecule has 6 heteroatoms. The Balaban J connectivity index is 2.04. The molecule has 100 valence electrons. The van der Waals surface area contributed by atoms with Gasteiger partial charge < -0.3 is 10.2 Å². The Morgan fingerprint density at radius 2 is 2.32 bits per heavy atom. The van der Waals surface area contributed by atoms with E-state index in [1.807, 2.05) is 6.07 Å². The van der Waals surface area contributed by atoms with E-state index in [1.54, 1.807) is 4.90 Å². The van der Waals surface area contributed by atoms with E-state index in [0.29, 0.717) is 18.7 Å². The average Bonchev–Trinajstić information content (AvgIpc) is 3.18. The minimum absolute atomic E-state index is 0.157. The Labute approximate surface area is 115 Å². The molecule has 0 radical (unpaired) electrons. The van der Waals surface area contributed by atoms with Gasteiger partial charge in [-0.15, -0.1) is 0 Å². The van der Waals surface area contributed by atoms with E-state index in [9.17, 15) is 9.18 Å². The zero-order valence-corrected chi connectivity index (χ0v) is 11.0. The van der Waals surface area contributed by atoms with Crippen LogP contribution in [0.25, 0.3) is 0 Å². The molecule has 1 aromatic rings. The second-order valence-electron chi connectivity index (χ2n) is 4.39. The zero-order chi connectivity index (χ0) is 13.8. The van der Waals surface area contributed by atoms with Gasteiger partial charge in [-0.05, 0) is 31.0 Å². The van der Waals surface area contributed by atoms with Crippen LogP contribution in [0.2, 0.25) is 5.02 Å². The van der Waals surface area contributed by atoms with Gasteiger partial charge in [-0.3, -0.25) is 0 Å². The number of carbonyl (C=O) groups is 1. The number of anilines is 1. The van der Waals surface area contributed by atoms with Gasteiger partial charge in [-0.1, -0.05) is 11.6 Å². The number of hydrogen-bond acceptors (Lipinski definition) is 2. The molecule has 1 fully saturated rings. The molecule has 2 rings (SSSR count). The molecule has 1 saturated carbocycles. The number of nitrogens with zero attached hydrogens (tertiary/aromatic N) is 2. The molecule has 0 aromatic heterocycles. The first-order chi connectivity index (χ1) is 9.11. The standard InChI is InChI=1S/C13H13ClFN3O/c14-11-8-9(15)2-5-12(11)17-13(19)18(7-1-6-16)10-3-4-10/h2,5,8,10H,1,3-4,7H2,(H,17,19). The fraction of sp³-hybridized carbons (Fsp3) is 0.385. The van der Waals surface area contributed by atoms with Crippen molar-refractivity contribution in [3.8, 4) is 6.07 Å². The molecular weight excluding hydrogens is 269 g/mol. The molecular formula is C13H13ClFN3O. The second kappa shape index (κ2) is 5.89. The van der Waals surface area contributed by atoms with Gasteiger partial charge in [0, 0.05) is 12.6 Å². The summed E-state index contributed by atoms with van der Waals surface area (Å²) in [6.07, 6.45) is 2.20. The smallest absolute Gasteiger partial charge is 0.321 e. The summed E-state index contributed by atoms with van der Waals surface area (Å²) < 4.78 is 12.9. The summed E-state index contributed by atoms with van der Waals surface area (Å²) in [7, 11) is 0. The minimum atomic E-state index is -0.452.